The van der Waals surface area contributed by atoms with Crippen molar-refractivity contribution in [2.45, 2.75) is 31.7 Å². The lowest BCUT2D eigenvalue weighted by atomic mass is 9.96. The molecule has 98 valence electrons. The highest BCUT2D eigenvalue weighted by Crippen LogP contribution is 2.10. The van der Waals surface area contributed by atoms with Crippen molar-refractivity contribution in [1.82, 2.24) is 5.43 Å². The van der Waals surface area contributed by atoms with E-state index in [1.807, 2.05) is 0 Å². The Morgan fingerprint density at radius 3 is 2.65 bits per heavy atom. The fourth-order valence-corrected chi connectivity index (χ4v) is 1.04. The van der Waals surface area contributed by atoms with Gasteiger partial charge in [-0.15, -0.1) is 0 Å². The maximum absolute atomic E-state index is 10.7. The Kier molecular flexibility index (Phi) is 5.89. The quantitative estimate of drug-likeness (QED) is 0.148. The molecule has 0 bridgehead atoms. The predicted molar refractivity (Wildman–Crippen MR) is 60.7 cm³/mol. The monoisotopic (exact) mass is 247 g/mol. The van der Waals surface area contributed by atoms with Crippen molar-refractivity contribution in [2.24, 2.45) is 16.5 Å². The fraction of sp³-hybridized carbons (Fsp3) is 0.750. The average molecular weight is 247 g/mol. The number of carboxylic acids is 1. The van der Waals surface area contributed by atoms with Crippen molar-refractivity contribution in [3.05, 3.63) is 10.1 Å². The highest BCUT2D eigenvalue weighted by Gasteiger charge is 2.26. The van der Waals surface area contributed by atoms with E-state index in [4.69, 9.17) is 16.6 Å². The third-order valence-electron chi connectivity index (χ3n) is 2.08. The van der Waals surface area contributed by atoms with Crippen LogP contribution in [-0.2, 0) is 4.79 Å². The molecular weight excluding hydrogens is 230 g/mol. The normalized spacial score (nSPS) is 15.1. The van der Waals surface area contributed by atoms with Gasteiger partial charge in [-0.1, -0.05) is 5.43 Å². The SMILES string of the molecule is C[C@](N)(CCCCN=C(N)N[N+](=O)[O-])C(=O)O. The summed E-state index contributed by atoms with van der Waals surface area (Å²) in [6.07, 6.45) is 1.41. The number of hydrazine groups is 1. The summed E-state index contributed by atoms with van der Waals surface area (Å²) >= 11 is 0. The van der Waals surface area contributed by atoms with E-state index in [2.05, 4.69) is 4.99 Å². The van der Waals surface area contributed by atoms with Crippen molar-refractivity contribution in [3.8, 4) is 0 Å². The van der Waals surface area contributed by atoms with Crippen LogP contribution in [0.3, 0.4) is 0 Å². The first-order chi connectivity index (χ1) is 7.75. The zero-order valence-electron chi connectivity index (χ0n) is 9.55. The van der Waals surface area contributed by atoms with E-state index < -0.39 is 16.5 Å². The third-order valence-corrected chi connectivity index (χ3v) is 2.08. The second-order valence-corrected chi connectivity index (χ2v) is 3.82. The van der Waals surface area contributed by atoms with Gasteiger partial charge < -0.3 is 16.6 Å². The van der Waals surface area contributed by atoms with Crippen LogP contribution in [0.4, 0.5) is 0 Å². The third kappa shape index (κ3) is 7.06. The standard InChI is InChI=1S/C8H17N5O4/c1-8(10,6(14)15)4-2-3-5-11-7(9)12-13(16)17/h2-5,10H2,1H3,(H,14,15)(H3,9,11,12)/t8-/m0/s1. The lowest BCUT2D eigenvalue weighted by Crippen LogP contribution is -2.44. The molecule has 0 aliphatic heterocycles. The molecule has 0 spiro atoms. The molecule has 9 nitrogen and oxygen atoms in total. The summed E-state index contributed by atoms with van der Waals surface area (Å²) in [5.74, 6) is -1.33. The molecule has 0 heterocycles. The highest BCUT2D eigenvalue weighted by atomic mass is 16.7. The topological polar surface area (TPSA) is 157 Å². The van der Waals surface area contributed by atoms with Crippen LogP contribution in [0.1, 0.15) is 26.2 Å². The lowest BCUT2D eigenvalue weighted by molar-refractivity contribution is -0.525. The van der Waals surface area contributed by atoms with E-state index in [1.165, 1.54) is 6.92 Å². The fourth-order valence-electron chi connectivity index (χ4n) is 1.04. The number of nitrogens with two attached hydrogens (primary N) is 2. The van der Waals surface area contributed by atoms with E-state index in [-0.39, 0.29) is 12.5 Å². The van der Waals surface area contributed by atoms with Gasteiger partial charge in [0.05, 0.1) is 0 Å². The molecule has 0 saturated heterocycles. The summed E-state index contributed by atoms with van der Waals surface area (Å²) in [6.45, 7) is 1.71. The van der Waals surface area contributed by atoms with Crippen molar-refractivity contribution in [3.63, 3.8) is 0 Å². The number of guanidine groups is 1. The molecule has 0 aromatic heterocycles. The number of nitrogens with one attached hydrogen (secondary N) is 1. The van der Waals surface area contributed by atoms with Gasteiger partial charge in [-0.25, -0.2) is 15.1 Å². The van der Waals surface area contributed by atoms with Crippen LogP contribution in [-0.4, -0.2) is 34.2 Å². The number of aliphatic imine (C=N–C) groups is 1. The molecular formula is C8H17N5O4. The van der Waals surface area contributed by atoms with Gasteiger partial charge in [0.15, 0.2) is 5.03 Å². The zero-order valence-corrected chi connectivity index (χ0v) is 9.55. The number of rotatable bonds is 7. The number of aliphatic carboxylic acids is 1. The number of hydrogen-bond acceptors (Lipinski definition) is 5. The summed E-state index contributed by atoms with van der Waals surface area (Å²) in [5.41, 5.74) is 11.1. The summed E-state index contributed by atoms with van der Waals surface area (Å²) in [6, 6.07) is 0. The molecule has 0 fully saturated rings. The molecule has 0 radical (unpaired) electrons. The van der Waals surface area contributed by atoms with E-state index >= 15 is 0 Å². The van der Waals surface area contributed by atoms with Gasteiger partial charge in [-0.2, -0.15) is 0 Å². The molecule has 0 rings (SSSR count). The molecule has 0 aliphatic rings. The Labute approximate surface area is 98.0 Å². The van der Waals surface area contributed by atoms with Gasteiger partial charge in [-0.05, 0) is 26.2 Å². The van der Waals surface area contributed by atoms with Crippen LogP contribution in [0.2, 0.25) is 0 Å². The van der Waals surface area contributed by atoms with Gasteiger partial charge >= 0.3 is 5.97 Å². The van der Waals surface area contributed by atoms with Gasteiger partial charge in [0.2, 0.25) is 0 Å². The van der Waals surface area contributed by atoms with E-state index in [0.717, 1.165) is 0 Å². The molecule has 0 amide bonds. The molecule has 0 aliphatic carbocycles. The van der Waals surface area contributed by atoms with E-state index in [9.17, 15) is 14.9 Å². The van der Waals surface area contributed by atoms with Crippen LogP contribution in [0.15, 0.2) is 4.99 Å². The number of carbonyl (C=O) groups is 1. The second kappa shape index (κ2) is 6.63. The van der Waals surface area contributed by atoms with Crippen molar-refractivity contribution in [2.75, 3.05) is 6.54 Å². The maximum Gasteiger partial charge on any atom is 0.323 e. The van der Waals surface area contributed by atoms with Gasteiger partial charge in [0.1, 0.15) is 5.54 Å². The first kappa shape index (κ1) is 15.1. The Hall–Kier alpha value is -1.90. The molecule has 6 N–H and O–H groups in total. The van der Waals surface area contributed by atoms with Crippen LogP contribution in [0.25, 0.3) is 0 Å². The smallest absolute Gasteiger partial charge is 0.323 e. The minimum atomic E-state index is -1.26. The van der Waals surface area contributed by atoms with Gasteiger partial charge in [-0.3, -0.25) is 4.79 Å². The Balaban J connectivity index is 3.79. The van der Waals surface area contributed by atoms with Crippen LogP contribution < -0.4 is 16.9 Å². The molecule has 1 atom stereocenters. The number of hydrogen-bond donors (Lipinski definition) is 4. The Morgan fingerprint density at radius 1 is 1.59 bits per heavy atom. The van der Waals surface area contributed by atoms with Crippen molar-refractivity contribution >= 4 is 11.9 Å². The lowest BCUT2D eigenvalue weighted by Gasteiger charge is -2.18. The Bertz CT molecular complexity index is 315. The summed E-state index contributed by atoms with van der Waals surface area (Å²) in [4.78, 5) is 24.3. The number of carboxylic acid groups (broad SMARTS) is 1. The summed E-state index contributed by atoms with van der Waals surface area (Å²) < 4.78 is 0. The minimum Gasteiger partial charge on any atom is -0.480 e. The maximum atomic E-state index is 10.7. The first-order valence-electron chi connectivity index (χ1n) is 4.99. The number of unbranched alkanes of at least 4 members (excludes halogenated alkanes) is 1. The number of nitrogens with zero attached hydrogens (tertiary/aromatic N) is 2. The summed E-state index contributed by atoms with van der Waals surface area (Å²) in [5, 5.41) is 17.9. The van der Waals surface area contributed by atoms with Gasteiger partial charge in [0.25, 0.3) is 5.96 Å². The molecule has 9 heteroatoms. The van der Waals surface area contributed by atoms with E-state index in [0.29, 0.717) is 19.3 Å². The average Bonchev–Trinajstić information content (AvgIpc) is 2.15. The second-order valence-electron chi connectivity index (χ2n) is 3.82. The summed E-state index contributed by atoms with van der Waals surface area (Å²) in [7, 11) is 0. The largest absolute Gasteiger partial charge is 0.480 e. The molecule has 0 unspecified atom stereocenters. The van der Waals surface area contributed by atoms with Gasteiger partial charge in [0, 0.05) is 6.54 Å². The predicted octanol–water partition coefficient (Wildman–Crippen LogP) is -0.945. The van der Waals surface area contributed by atoms with E-state index in [1.54, 1.807) is 5.43 Å². The molecule has 0 aromatic rings. The first-order valence-corrected chi connectivity index (χ1v) is 4.99. The molecule has 0 saturated carbocycles. The Morgan fingerprint density at radius 2 is 2.18 bits per heavy atom. The number of nitro groups is 1. The van der Waals surface area contributed by atoms with Crippen LogP contribution in [0, 0.1) is 10.1 Å². The molecule has 0 aromatic carbocycles. The van der Waals surface area contributed by atoms with Crippen molar-refractivity contribution < 1.29 is 14.9 Å². The molecule has 17 heavy (non-hydrogen) atoms. The zero-order chi connectivity index (χ0) is 13.5. The van der Waals surface area contributed by atoms with Crippen molar-refractivity contribution in [1.29, 1.82) is 0 Å². The van der Waals surface area contributed by atoms with Crippen LogP contribution >= 0.6 is 0 Å². The highest BCUT2D eigenvalue weighted by molar-refractivity contribution is 5.77. The van der Waals surface area contributed by atoms with Crippen LogP contribution in [0.5, 0.6) is 0 Å². The minimum absolute atomic E-state index is 0.274.